The van der Waals surface area contributed by atoms with Crippen LogP contribution in [-0.2, 0) is 0 Å². The Labute approximate surface area is 109 Å². The van der Waals surface area contributed by atoms with Crippen molar-refractivity contribution < 1.29 is 4.74 Å². The zero-order valence-corrected chi connectivity index (χ0v) is 11.4. The first-order valence-corrected chi connectivity index (χ1v) is 6.23. The van der Waals surface area contributed by atoms with Gasteiger partial charge in [0, 0.05) is 17.3 Å². The molecule has 1 aromatic carbocycles. The van der Waals surface area contributed by atoms with Gasteiger partial charge in [0.2, 0.25) is 0 Å². The molecule has 2 nitrogen and oxygen atoms in total. The van der Waals surface area contributed by atoms with Crippen LogP contribution in [0.1, 0.15) is 32.3 Å². The van der Waals surface area contributed by atoms with Crippen molar-refractivity contribution in [1.29, 1.82) is 0 Å². The number of nitrogen functional groups attached to an aromatic ring is 1. The molecule has 0 aromatic heterocycles. The Hall–Kier alpha value is -1.70. The number of hydrogen-bond acceptors (Lipinski definition) is 2. The topological polar surface area (TPSA) is 35.2 Å². The molecule has 2 heteroatoms. The summed E-state index contributed by atoms with van der Waals surface area (Å²) in [6, 6.07) is 5.87. The normalized spacial score (nSPS) is 18.4. The average molecular weight is 243 g/mol. The second-order valence-electron chi connectivity index (χ2n) is 5.71. The number of benzene rings is 1. The third kappa shape index (κ3) is 2.58. The van der Waals surface area contributed by atoms with Gasteiger partial charge in [-0.3, -0.25) is 0 Å². The second-order valence-corrected chi connectivity index (χ2v) is 5.71. The lowest BCUT2D eigenvalue weighted by molar-refractivity contribution is 0.415. The molecule has 0 heterocycles. The van der Waals surface area contributed by atoms with Gasteiger partial charge in [-0.2, -0.15) is 0 Å². The molecule has 2 rings (SSSR count). The minimum absolute atomic E-state index is 0.164. The molecular formula is C16H21NO. The van der Waals surface area contributed by atoms with Gasteiger partial charge >= 0.3 is 0 Å². The SMILES string of the molecule is C=C1CC(c2ccc(OC)cc2N)=CC(C)(C)C1. The van der Waals surface area contributed by atoms with Gasteiger partial charge in [-0.15, -0.1) is 0 Å². The highest BCUT2D eigenvalue weighted by atomic mass is 16.5. The summed E-state index contributed by atoms with van der Waals surface area (Å²) in [7, 11) is 1.65. The summed E-state index contributed by atoms with van der Waals surface area (Å²) in [5.41, 5.74) is 10.7. The van der Waals surface area contributed by atoms with Gasteiger partial charge in [0.1, 0.15) is 5.75 Å². The maximum Gasteiger partial charge on any atom is 0.120 e. The standard InChI is InChI=1S/C16H21NO/c1-11-7-12(10-16(2,3)9-11)14-6-5-13(18-4)8-15(14)17/h5-6,8,10H,1,7,9,17H2,2-4H3. The van der Waals surface area contributed by atoms with Crippen LogP contribution in [0.4, 0.5) is 5.69 Å². The van der Waals surface area contributed by atoms with Gasteiger partial charge in [-0.25, -0.2) is 0 Å². The van der Waals surface area contributed by atoms with Crippen LogP contribution in [0.2, 0.25) is 0 Å². The maximum atomic E-state index is 6.11. The molecule has 96 valence electrons. The van der Waals surface area contributed by atoms with E-state index < -0.39 is 0 Å². The molecule has 2 N–H and O–H groups in total. The summed E-state index contributed by atoms with van der Waals surface area (Å²) in [4.78, 5) is 0. The molecule has 1 aliphatic rings. The van der Waals surface area contributed by atoms with Crippen molar-refractivity contribution in [3.63, 3.8) is 0 Å². The fourth-order valence-electron chi connectivity index (χ4n) is 2.68. The highest BCUT2D eigenvalue weighted by Gasteiger charge is 2.24. The van der Waals surface area contributed by atoms with E-state index in [-0.39, 0.29) is 5.41 Å². The van der Waals surface area contributed by atoms with Crippen molar-refractivity contribution in [1.82, 2.24) is 0 Å². The zero-order chi connectivity index (χ0) is 13.3. The van der Waals surface area contributed by atoms with Gasteiger partial charge < -0.3 is 10.5 Å². The molecule has 0 radical (unpaired) electrons. The quantitative estimate of drug-likeness (QED) is 0.628. The fourth-order valence-corrected chi connectivity index (χ4v) is 2.68. The molecule has 0 saturated heterocycles. The van der Waals surface area contributed by atoms with Crippen LogP contribution < -0.4 is 10.5 Å². The van der Waals surface area contributed by atoms with E-state index in [1.54, 1.807) is 7.11 Å². The molecule has 0 spiro atoms. The van der Waals surface area contributed by atoms with Crippen molar-refractivity contribution in [2.45, 2.75) is 26.7 Å². The minimum atomic E-state index is 0.164. The monoisotopic (exact) mass is 243 g/mol. The van der Waals surface area contributed by atoms with Gasteiger partial charge in [0.05, 0.1) is 7.11 Å². The number of methoxy groups -OCH3 is 1. The van der Waals surface area contributed by atoms with Crippen LogP contribution in [0, 0.1) is 5.41 Å². The number of anilines is 1. The molecule has 0 bridgehead atoms. The largest absolute Gasteiger partial charge is 0.497 e. The number of ether oxygens (including phenoxy) is 1. The highest BCUT2D eigenvalue weighted by molar-refractivity contribution is 5.78. The summed E-state index contributed by atoms with van der Waals surface area (Å²) in [6.07, 6.45) is 4.28. The molecule has 0 aliphatic heterocycles. The summed E-state index contributed by atoms with van der Waals surface area (Å²) in [6.45, 7) is 8.61. The minimum Gasteiger partial charge on any atom is -0.497 e. The first-order valence-electron chi connectivity index (χ1n) is 6.23. The van der Waals surface area contributed by atoms with Crippen LogP contribution in [-0.4, -0.2) is 7.11 Å². The molecule has 1 aromatic rings. The number of hydrogen-bond donors (Lipinski definition) is 1. The van der Waals surface area contributed by atoms with Crippen LogP contribution in [0.15, 0.2) is 36.4 Å². The summed E-state index contributed by atoms with van der Waals surface area (Å²) in [5, 5.41) is 0. The van der Waals surface area contributed by atoms with E-state index in [1.807, 2.05) is 18.2 Å². The van der Waals surface area contributed by atoms with Gasteiger partial charge in [0.15, 0.2) is 0 Å². The van der Waals surface area contributed by atoms with Gasteiger partial charge in [-0.1, -0.05) is 32.1 Å². The predicted octanol–water partition coefficient (Wildman–Crippen LogP) is 4.04. The molecule has 0 saturated carbocycles. The number of allylic oxidation sites excluding steroid dienone is 3. The van der Waals surface area contributed by atoms with Crippen LogP contribution in [0.25, 0.3) is 5.57 Å². The third-order valence-electron chi connectivity index (χ3n) is 3.32. The molecule has 1 aliphatic carbocycles. The van der Waals surface area contributed by atoms with Crippen LogP contribution >= 0.6 is 0 Å². The number of nitrogens with two attached hydrogens (primary N) is 1. The lowest BCUT2D eigenvalue weighted by atomic mass is 9.76. The Morgan fingerprint density at radius 1 is 1.33 bits per heavy atom. The van der Waals surface area contributed by atoms with E-state index >= 15 is 0 Å². The van der Waals surface area contributed by atoms with E-state index in [2.05, 4.69) is 26.5 Å². The lowest BCUT2D eigenvalue weighted by Gasteiger charge is -2.29. The first kappa shape index (κ1) is 12.7. The van der Waals surface area contributed by atoms with Gasteiger partial charge in [-0.05, 0) is 36.0 Å². The van der Waals surface area contributed by atoms with E-state index in [0.29, 0.717) is 0 Å². The van der Waals surface area contributed by atoms with Crippen molar-refractivity contribution in [2.75, 3.05) is 12.8 Å². The lowest BCUT2D eigenvalue weighted by Crippen LogP contribution is -2.14. The van der Waals surface area contributed by atoms with Crippen molar-refractivity contribution in [2.24, 2.45) is 5.41 Å². The molecule has 0 amide bonds. The van der Waals surface area contributed by atoms with Crippen molar-refractivity contribution >= 4 is 11.3 Å². The Kier molecular flexibility index (Phi) is 3.20. The second kappa shape index (κ2) is 4.52. The van der Waals surface area contributed by atoms with Gasteiger partial charge in [0.25, 0.3) is 0 Å². The van der Waals surface area contributed by atoms with E-state index in [4.69, 9.17) is 10.5 Å². The van der Waals surface area contributed by atoms with Crippen LogP contribution in [0.5, 0.6) is 5.75 Å². The third-order valence-corrected chi connectivity index (χ3v) is 3.32. The molecular weight excluding hydrogens is 222 g/mol. The summed E-state index contributed by atoms with van der Waals surface area (Å²) < 4.78 is 5.18. The summed E-state index contributed by atoms with van der Waals surface area (Å²) >= 11 is 0. The van der Waals surface area contributed by atoms with Crippen LogP contribution in [0.3, 0.4) is 0 Å². The fraction of sp³-hybridized carbons (Fsp3) is 0.375. The highest BCUT2D eigenvalue weighted by Crippen LogP contribution is 2.41. The molecule has 0 unspecified atom stereocenters. The Morgan fingerprint density at radius 3 is 2.61 bits per heavy atom. The smallest absolute Gasteiger partial charge is 0.120 e. The molecule has 0 atom stereocenters. The Bertz CT molecular complexity index is 512. The number of rotatable bonds is 2. The Morgan fingerprint density at radius 2 is 2.06 bits per heavy atom. The van der Waals surface area contributed by atoms with Crippen molar-refractivity contribution in [3.8, 4) is 5.75 Å². The maximum absolute atomic E-state index is 6.11. The van der Waals surface area contributed by atoms with Crippen molar-refractivity contribution in [3.05, 3.63) is 42.0 Å². The molecule has 0 fully saturated rings. The Balaban J connectivity index is 2.42. The first-order chi connectivity index (χ1) is 8.41. The molecule has 18 heavy (non-hydrogen) atoms. The zero-order valence-electron chi connectivity index (χ0n) is 11.4. The van der Waals surface area contributed by atoms with E-state index in [9.17, 15) is 0 Å². The predicted molar refractivity (Wildman–Crippen MR) is 77.5 cm³/mol. The summed E-state index contributed by atoms with van der Waals surface area (Å²) in [5.74, 6) is 0.797. The van der Waals surface area contributed by atoms with E-state index in [0.717, 1.165) is 29.8 Å². The average Bonchev–Trinajstić information content (AvgIpc) is 2.25. The van der Waals surface area contributed by atoms with E-state index in [1.165, 1.54) is 11.1 Å².